The lowest BCUT2D eigenvalue weighted by atomic mass is 9.85. The van der Waals surface area contributed by atoms with Gasteiger partial charge in [-0.3, -0.25) is 24.0 Å². The van der Waals surface area contributed by atoms with E-state index in [9.17, 15) is 45.5 Å². The molecule has 7 atom stereocenters. The van der Waals surface area contributed by atoms with Crippen LogP contribution in [0.15, 0.2) is 60.7 Å². The van der Waals surface area contributed by atoms with Crippen molar-refractivity contribution in [2.24, 2.45) is 17.8 Å². The van der Waals surface area contributed by atoms with Gasteiger partial charge in [0, 0.05) is 23.3 Å². The minimum absolute atomic E-state index is 0.0270. The van der Waals surface area contributed by atoms with Gasteiger partial charge in [-0.15, -0.1) is 0 Å². The minimum atomic E-state index is -5.13. The SMILES string of the molecule is COc1ccc2c(O[C@@H]3C[C@H]4C(=O)N[C@]5(C(=O)NS(=O)(=O)C6CC6)C[C@H]5/C=C\CC[C@H](C)C[C@@H](C)[C@H](N(C(=O)O)C(C)(C)C(F)(F)F)C(=O)N4C3)nc(-c3ccc(F)cc3)cc2c1. The van der Waals surface area contributed by atoms with Crippen LogP contribution in [0.4, 0.5) is 22.4 Å². The number of halogens is 4. The molecule has 7 rings (SSSR count). The molecule has 3 heterocycles. The van der Waals surface area contributed by atoms with E-state index >= 15 is 4.79 Å². The molecule has 14 nitrogen and oxygen atoms in total. The van der Waals surface area contributed by atoms with Crippen molar-refractivity contribution in [2.45, 2.75) is 113 Å². The number of alkyl halides is 3. The number of nitrogens with one attached hydrogen (secondary N) is 2. The van der Waals surface area contributed by atoms with Gasteiger partial charge in [0.05, 0.1) is 24.6 Å². The van der Waals surface area contributed by atoms with E-state index in [1.54, 1.807) is 36.4 Å². The lowest BCUT2D eigenvalue weighted by Crippen LogP contribution is -2.66. The molecule has 2 aliphatic carbocycles. The van der Waals surface area contributed by atoms with E-state index in [1.807, 2.05) is 6.92 Å². The molecule has 1 aromatic heterocycles. The van der Waals surface area contributed by atoms with Crippen molar-refractivity contribution in [1.29, 1.82) is 0 Å². The highest BCUT2D eigenvalue weighted by molar-refractivity contribution is 7.91. The summed E-state index contributed by atoms with van der Waals surface area (Å²) in [6, 6.07) is 8.86. The largest absolute Gasteiger partial charge is 0.497 e. The summed E-state index contributed by atoms with van der Waals surface area (Å²) in [5.41, 5.74) is -3.93. The van der Waals surface area contributed by atoms with Gasteiger partial charge in [0.1, 0.15) is 40.8 Å². The molecular weight excluding hydrogens is 851 g/mol. The second-order valence-electron chi connectivity index (χ2n) is 17.8. The molecule has 63 heavy (non-hydrogen) atoms. The molecule has 2 aromatic carbocycles. The Balaban J connectivity index is 1.32. The number of hydrogen-bond acceptors (Lipinski definition) is 9. The number of fused-ring (bicyclic) bond motifs is 3. The Kier molecular flexibility index (Phi) is 12.2. The lowest BCUT2D eigenvalue weighted by Gasteiger charge is -2.45. The number of benzene rings is 2. The molecule has 3 fully saturated rings. The number of pyridine rings is 1. The van der Waals surface area contributed by atoms with E-state index in [1.165, 1.54) is 38.3 Å². The maximum Gasteiger partial charge on any atom is 0.411 e. The Hall–Kier alpha value is -5.46. The first-order chi connectivity index (χ1) is 29.6. The molecule has 1 saturated heterocycles. The van der Waals surface area contributed by atoms with Gasteiger partial charge in [0.25, 0.3) is 5.91 Å². The fourth-order valence-corrected chi connectivity index (χ4v) is 10.2. The fourth-order valence-electron chi connectivity index (χ4n) is 8.83. The molecular formula is C44H51F4N5O9S. The maximum absolute atomic E-state index is 15.2. The van der Waals surface area contributed by atoms with Gasteiger partial charge in [0.15, 0.2) is 0 Å². The highest BCUT2D eigenvalue weighted by Gasteiger charge is 2.63. The van der Waals surface area contributed by atoms with Crippen LogP contribution in [0, 0.1) is 23.6 Å². The van der Waals surface area contributed by atoms with Crippen molar-refractivity contribution < 1.29 is 59.7 Å². The maximum atomic E-state index is 15.2. The van der Waals surface area contributed by atoms with Crippen LogP contribution in [-0.2, 0) is 24.4 Å². The van der Waals surface area contributed by atoms with Crippen LogP contribution < -0.4 is 19.5 Å². The number of rotatable bonds is 9. The summed E-state index contributed by atoms with van der Waals surface area (Å²) >= 11 is 0. The zero-order valence-corrected chi connectivity index (χ0v) is 36.3. The zero-order valence-electron chi connectivity index (χ0n) is 35.4. The van der Waals surface area contributed by atoms with Gasteiger partial charge in [-0.25, -0.2) is 22.6 Å². The monoisotopic (exact) mass is 901 g/mol. The Labute approximate surface area is 362 Å². The van der Waals surface area contributed by atoms with E-state index < -0.39 is 98.7 Å². The van der Waals surface area contributed by atoms with Crippen LogP contribution in [0.5, 0.6) is 11.6 Å². The molecule has 2 saturated carbocycles. The third-order valence-electron chi connectivity index (χ3n) is 12.8. The van der Waals surface area contributed by atoms with Gasteiger partial charge in [0.2, 0.25) is 27.7 Å². The summed E-state index contributed by atoms with van der Waals surface area (Å²) in [7, 11) is -2.57. The van der Waals surface area contributed by atoms with E-state index in [-0.39, 0.29) is 36.0 Å². The number of sulfonamides is 1. The molecule has 19 heteroatoms. The average molecular weight is 902 g/mol. The van der Waals surface area contributed by atoms with Crippen molar-refractivity contribution in [3.63, 3.8) is 0 Å². The third kappa shape index (κ3) is 9.15. The second-order valence-corrected chi connectivity index (χ2v) is 19.8. The molecule has 0 bridgehead atoms. The summed E-state index contributed by atoms with van der Waals surface area (Å²) in [6.45, 7) is 4.28. The van der Waals surface area contributed by atoms with Crippen LogP contribution >= 0.6 is 0 Å². The van der Waals surface area contributed by atoms with Crippen molar-refractivity contribution >= 4 is 44.6 Å². The van der Waals surface area contributed by atoms with Gasteiger partial charge < -0.3 is 24.8 Å². The normalized spacial score (nSPS) is 27.5. The van der Waals surface area contributed by atoms with Crippen LogP contribution in [-0.4, -0.2) is 106 Å². The van der Waals surface area contributed by atoms with Gasteiger partial charge in [-0.1, -0.05) is 26.0 Å². The number of allylic oxidation sites excluding steroid dienone is 1. The zero-order chi connectivity index (χ0) is 45.8. The molecule has 0 radical (unpaired) electrons. The highest BCUT2D eigenvalue weighted by atomic mass is 32.2. The van der Waals surface area contributed by atoms with Crippen molar-refractivity contribution in [1.82, 2.24) is 24.8 Å². The van der Waals surface area contributed by atoms with E-state index in [0.717, 1.165) is 4.90 Å². The van der Waals surface area contributed by atoms with Crippen LogP contribution in [0.1, 0.15) is 72.6 Å². The quantitative estimate of drug-likeness (QED) is 0.157. The average Bonchev–Trinajstić information content (AvgIpc) is 4.14. The number of hydrogen-bond donors (Lipinski definition) is 3. The van der Waals surface area contributed by atoms with Crippen LogP contribution in [0.25, 0.3) is 22.0 Å². The molecule has 340 valence electrons. The Morgan fingerprint density at radius 1 is 1.03 bits per heavy atom. The number of aromatic nitrogens is 1. The van der Waals surface area contributed by atoms with E-state index in [4.69, 9.17) is 14.5 Å². The minimum Gasteiger partial charge on any atom is -0.497 e. The fraction of sp³-hybridized carbons (Fsp3) is 0.523. The molecule has 3 aromatic rings. The van der Waals surface area contributed by atoms with E-state index in [0.29, 0.717) is 67.3 Å². The molecule has 3 N–H and O–H groups in total. The smallest absolute Gasteiger partial charge is 0.411 e. The number of amides is 4. The van der Waals surface area contributed by atoms with Crippen molar-refractivity contribution in [3.05, 3.63) is 66.5 Å². The van der Waals surface area contributed by atoms with Gasteiger partial charge in [-0.2, -0.15) is 13.2 Å². The van der Waals surface area contributed by atoms with Gasteiger partial charge >= 0.3 is 12.3 Å². The molecule has 2 aliphatic heterocycles. The summed E-state index contributed by atoms with van der Waals surface area (Å²) in [6.07, 6.45) is -3.15. The Morgan fingerprint density at radius 2 is 1.73 bits per heavy atom. The number of carbonyl (C=O) groups excluding carboxylic acids is 3. The second kappa shape index (κ2) is 16.9. The van der Waals surface area contributed by atoms with Gasteiger partial charge in [-0.05, 0) is 118 Å². The molecule has 0 unspecified atom stereocenters. The number of carboxylic acid groups (broad SMARTS) is 1. The number of methoxy groups -OCH3 is 1. The van der Waals surface area contributed by atoms with E-state index in [2.05, 4.69) is 10.0 Å². The number of carbonyl (C=O) groups is 4. The van der Waals surface area contributed by atoms with Crippen molar-refractivity contribution in [3.8, 4) is 22.9 Å². The highest BCUT2D eigenvalue weighted by Crippen LogP contribution is 2.47. The Morgan fingerprint density at radius 3 is 2.37 bits per heavy atom. The standard InChI is InChI=1S/C44H51F4N5O9S/c1-24-8-6-7-9-28-22-43(28,40(56)51-63(59,60)32-15-16-32)50-37(54)35-21-31(23-52(35)39(55)36(25(2)18-24)53(41(57)58)42(3,4)44(46,47)48)62-38-33-17-14-30(61-5)19-27(33)20-34(49-38)26-10-12-29(45)13-11-26/h7,9-14,17,19-20,24-25,28,31-32,35-36H,6,8,15-16,18,21-23H2,1-5H3,(H,50,54)(H,51,56)(H,57,58)/b9-7-/t24-,25+,28+,31+,35-,36-,43+/m0/s1. The topological polar surface area (TPSA) is 185 Å². The summed E-state index contributed by atoms with van der Waals surface area (Å²) in [5, 5.41) is 13.6. The van der Waals surface area contributed by atoms with Crippen LogP contribution in [0.3, 0.4) is 0 Å². The molecule has 0 spiro atoms. The molecule has 4 aliphatic rings. The third-order valence-corrected chi connectivity index (χ3v) is 14.6. The molecule has 4 amide bonds. The number of ether oxygens (including phenoxy) is 2. The Bertz CT molecular complexity index is 2430. The van der Waals surface area contributed by atoms with Crippen LogP contribution in [0.2, 0.25) is 0 Å². The lowest BCUT2D eigenvalue weighted by molar-refractivity contribution is -0.222. The predicted molar refractivity (Wildman–Crippen MR) is 222 cm³/mol. The summed E-state index contributed by atoms with van der Waals surface area (Å²) in [5.74, 6) is -4.75. The predicted octanol–water partition coefficient (Wildman–Crippen LogP) is 6.58. The first-order valence-electron chi connectivity index (χ1n) is 20.9. The first-order valence-corrected chi connectivity index (χ1v) is 22.5. The van der Waals surface area contributed by atoms with Crippen molar-refractivity contribution in [2.75, 3.05) is 13.7 Å². The first kappa shape index (κ1) is 45.6. The number of nitrogens with zero attached hydrogens (tertiary/aromatic N) is 3. The summed E-state index contributed by atoms with van der Waals surface area (Å²) in [4.78, 5) is 62.6. The summed E-state index contributed by atoms with van der Waals surface area (Å²) < 4.78 is 98.4.